The van der Waals surface area contributed by atoms with Gasteiger partial charge in [-0.3, -0.25) is 4.79 Å². The summed E-state index contributed by atoms with van der Waals surface area (Å²) in [6.45, 7) is 2.75. The first-order valence-electron chi connectivity index (χ1n) is 14.6. The Morgan fingerprint density at radius 2 is 1.87 bits per heavy atom. The number of unbranched alkanes of at least 4 members (excludes halogenated alkanes) is 1. The van der Waals surface area contributed by atoms with Gasteiger partial charge in [-0.1, -0.05) is 6.07 Å². The van der Waals surface area contributed by atoms with Gasteiger partial charge in [-0.15, -0.1) is 10.1 Å². The first-order chi connectivity index (χ1) is 21.7. The number of aromatic nitrogens is 1. The molecule has 0 radical (unpaired) electrons. The summed E-state index contributed by atoms with van der Waals surface area (Å²) in [5.41, 5.74) is 0.702. The molecule has 2 aromatic carbocycles. The molecule has 2 heterocycles. The molecule has 0 spiro atoms. The van der Waals surface area contributed by atoms with E-state index in [-0.39, 0.29) is 41.7 Å². The molecule has 0 atom stereocenters. The zero-order valence-electron chi connectivity index (χ0n) is 24.7. The van der Waals surface area contributed by atoms with Crippen LogP contribution < -0.4 is 25.1 Å². The van der Waals surface area contributed by atoms with E-state index < -0.39 is 28.3 Å². The number of rotatable bonds is 13. The van der Waals surface area contributed by atoms with Crippen LogP contribution in [0.5, 0.6) is 11.5 Å². The molecule has 0 amide bonds. The van der Waals surface area contributed by atoms with Gasteiger partial charge < -0.3 is 33.8 Å². The van der Waals surface area contributed by atoms with E-state index in [1.165, 1.54) is 43.7 Å². The van der Waals surface area contributed by atoms with Crippen LogP contribution in [0.4, 0.5) is 10.1 Å². The maximum atomic E-state index is 15.3. The fraction of sp³-hybridized carbons (Fsp3) is 0.387. The van der Waals surface area contributed by atoms with E-state index in [0.29, 0.717) is 42.7 Å². The van der Waals surface area contributed by atoms with Crippen molar-refractivity contribution in [3.63, 3.8) is 0 Å². The number of piperazine rings is 1. The van der Waals surface area contributed by atoms with Gasteiger partial charge in [0.1, 0.15) is 11.4 Å². The maximum absolute atomic E-state index is 15.3. The normalized spacial score (nSPS) is 14.8. The van der Waals surface area contributed by atoms with Gasteiger partial charge in [-0.2, -0.15) is 0 Å². The number of benzene rings is 2. The fourth-order valence-corrected chi connectivity index (χ4v) is 5.06. The zero-order valence-corrected chi connectivity index (χ0v) is 24.7. The summed E-state index contributed by atoms with van der Waals surface area (Å²) < 4.78 is 33.2. The Bertz CT molecular complexity index is 1680. The summed E-state index contributed by atoms with van der Waals surface area (Å²) in [4.78, 5) is 55.1. The van der Waals surface area contributed by atoms with E-state index in [4.69, 9.17) is 14.2 Å². The highest BCUT2D eigenvalue weighted by Crippen LogP contribution is 2.38. The SMILES string of the molecule is COc1cc(/C=C/C(=O)OCCCCO[N+](=O)[O-])ccc1OC(=O)c1cn(C2CC2)c2cc(N3CCNCC3)c(F)cc2c1=O. The van der Waals surface area contributed by atoms with Gasteiger partial charge in [0.25, 0.3) is 5.09 Å². The van der Waals surface area contributed by atoms with E-state index in [2.05, 4.69) is 10.2 Å². The Balaban J connectivity index is 1.30. The van der Waals surface area contributed by atoms with Crippen LogP contribution in [0, 0.1) is 15.9 Å². The molecule has 238 valence electrons. The number of fused-ring (bicyclic) bond motifs is 1. The van der Waals surface area contributed by atoms with Crippen LogP contribution in [-0.4, -0.2) is 68.1 Å². The fourth-order valence-electron chi connectivity index (χ4n) is 5.06. The van der Waals surface area contributed by atoms with Crippen LogP contribution in [0.25, 0.3) is 17.0 Å². The van der Waals surface area contributed by atoms with Crippen molar-refractivity contribution in [1.82, 2.24) is 9.88 Å². The number of methoxy groups -OCH3 is 1. The maximum Gasteiger partial charge on any atom is 0.349 e. The lowest BCUT2D eigenvalue weighted by Gasteiger charge is -2.30. The predicted octanol–water partition coefficient (Wildman–Crippen LogP) is 3.66. The zero-order chi connectivity index (χ0) is 31.9. The molecule has 1 aliphatic carbocycles. The monoisotopic (exact) mass is 624 g/mol. The van der Waals surface area contributed by atoms with Gasteiger partial charge in [-0.05, 0) is 61.6 Å². The molecule has 2 fully saturated rings. The molecular formula is C31H33FN4O9. The van der Waals surface area contributed by atoms with Gasteiger partial charge in [0.15, 0.2) is 11.5 Å². The molecule has 14 heteroatoms. The number of esters is 2. The molecule has 1 aromatic heterocycles. The molecule has 0 unspecified atom stereocenters. The van der Waals surface area contributed by atoms with Gasteiger partial charge >= 0.3 is 11.9 Å². The second kappa shape index (κ2) is 14.2. The molecule has 1 N–H and O–H groups in total. The molecule has 1 saturated heterocycles. The summed E-state index contributed by atoms with van der Waals surface area (Å²) in [6, 6.07) is 7.59. The second-order valence-corrected chi connectivity index (χ2v) is 10.6. The molecule has 5 rings (SSSR count). The van der Waals surface area contributed by atoms with Crippen LogP contribution in [0.1, 0.15) is 47.6 Å². The van der Waals surface area contributed by atoms with Crippen molar-refractivity contribution in [2.75, 3.05) is 51.4 Å². The second-order valence-electron chi connectivity index (χ2n) is 10.6. The number of halogens is 1. The Morgan fingerprint density at radius 3 is 2.58 bits per heavy atom. The Labute approximate surface area is 257 Å². The van der Waals surface area contributed by atoms with Crippen LogP contribution in [0.15, 0.2) is 47.4 Å². The van der Waals surface area contributed by atoms with Crippen molar-refractivity contribution in [2.24, 2.45) is 0 Å². The third-order valence-corrected chi connectivity index (χ3v) is 7.50. The summed E-state index contributed by atoms with van der Waals surface area (Å²) >= 11 is 0. The van der Waals surface area contributed by atoms with E-state index >= 15 is 4.39 Å². The molecule has 3 aromatic rings. The van der Waals surface area contributed by atoms with Crippen LogP contribution in [0.2, 0.25) is 0 Å². The lowest BCUT2D eigenvalue weighted by atomic mass is 10.1. The molecule has 1 saturated carbocycles. The number of hydrogen-bond acceptors (Lipinski definition) is 11. The standard InChI is InChI=1S/C31H33FN4O9/c1-42-28-16-20(5-9-29(37)43-14-2-3-15-44-36(40)41)4-8-27(28)45-31(39)23-19-35(21-6-7-21)25-18-26(34-12-10-33-11-13-34)24(32)17-22(25)30(23)38/h4-5,8-9,16-19,21,33H,2-3,6-7,10-15H2,1H3/b9-5+. The molecular weight excluding hydrogens is 591 g/mol. The van der Waals surface area contributed by atoms with Crippen molar-refractivity contribution in [3.05, 3.63) is 79.9 Å². The number of carbonyl (C=O) groups excluding carboxylic acids is 2. The van der Waals surface area contributed by atoms with Crippen molar-refractivity contribution in [1.29, 1.82) is 0 Å². The highest BCUT2D eigenvalue weighted by Gasteiger charge is 2.29. The molecule has 2 aliphatic rings. The largest absolute Gasteiger partial charge is 0.493 e. The molecule has 1 aliphatic heterocycles. The number of ether oxygens (including phenoxy) is 3. The number of hydrogen-bond donors (Lipinski definition) is 1. The van der Waals surface area contributed by atoms with Crippen LogP contribution in [0.3, 0.4) is 0 Å². The van der Waals surface area contributed by atoms with Gasteiger partial charge in [0.2, 0.25) is 5.43 Å². The number of nitrogens with zero attached hydrogens (tertiary/aromatic N) is 3. The molecule has 45 heavy (non-hydrogen) atoms. The van der Waals surface area contributed by atoms with E-state index in [0.717, 1.165) is 25.9 Å². The topological polar surface area (TPSA) is 151 Å². The number of pyridine rings is 1. The summed E-state index contributed by atoms with van der Waals surface area (Å²) in [5.74, 6) is -1.81. The van der Waals surface area contributed by atoms with Crippen LogP contribution in [-0.2, 0) is 14.4 Å². The highest BCUT2D eigenvalue weighted by molar-refractivity contribution is 5.96. The van der Waals surface area contributed by atoms with Crippen molar-refractivity contribution in [3.8, 4) is 11.5 Å². The Hall–Kier alpha value is -4.98. The Morgan fingerprint density at radius 1 is 1.11 bits per heavy atom. The number of carbonyl (C=O) groups is 2. The third kappa shape index (κ3) is 7.76. The average Bonchev–Trinajstić information content (AvgIpc) is 3.88. The van der Waals surface area contributed by atoms with Crippen molar-refractivity contribution in [2.45, 2.75) is 31.7 Å². The van der Waals surface area contributed by atoms with E-state index in [1.54, 1.807) is 12.1 Å². The molecule has 13 nitrogen and oxygen atoms in total. The summed E-state index contributed by atoms with van der Waals surface area (Å²) in [7, 11) is 1.38. The lowest BCUT2D eigenvalue weighted by molar-refractivity contribution is -0.757. The Kier molecular flexibility index (Phi) is 9.92. The first kappa shape index (κ1) is 31.4. The predicted molar refractivity (Wildman–Crippen MR) is 162 cm³/mol. The number of anilines is 1. The number of nitrogens with one attached hydrogen (secondary N) is 1. The van der Waals surface area contributed by atoms with Gasteiger partial charge in [-0.25, -0.2) is 14.0 Å². The van der Waals surface area contributed by atoms with E-state index in [1.807, 2.05) is 9.47 Å². The highest BCUT2D eigenvalue weighted by atomic mass is 19.1. The van der Waals surface area contributed by atoms with Crippen LogP contribution >= 0.6 is 0 Å². The minimum Gasteiger partial charge on any atom is -0.493 e. The van der Waals surface area contributed by atoms with E-state index in [9.17, 15) is 24.5 Å². The molecule has 0 bridgehead atoms. The lowest BCUT2D eigenvalue weighted by Crippen LogP contribution is -2.43. The average molecular weight is 625 g/mol. The quantitative estimate of drug-likeness (QED) is 0.0741. The van der Waals surface area contributed by atoms with Crippen molar-refractivity contribution >= 4 is 34.6 Å². The van der Waals surface area contributed by atoms with Gasteiger partial charge in [0, 0.05) is 49.9 Å². The smallest absolute Gasteiger partial charge is 0.349 e. The minimum absolute atomic E-state index is 0.0527. The van der Waals surface area contributed by atoms with Crippen molar-refractivity contribution < 1.29 is 38.1 Å². The first-order valence-corrected chi connectivity index (χ1v) is 14.6. The summed E-state index contributed by atoms with van der Waals surface area (Å²) in [6.07, 6.45) is 6.69. The minimum atomic E-state index is -0.906. The van der Waals surface area contributed by atoms with Gasteiger partial charge in [0.05, 0.1) is 31.5 Å². The third-order valence-electron chi connectivity index (χ3n) is 7.50. The summed E-state index contributed by atoms with van der Waals surface area (Å²) in [5, 5.41) is 12.6.